The van der Waals surface area contributed by atoms with Gasteiger partial charge in [-0.05, 0) is 29.8 Å². The molecule has 3 nitrogen and oxygen atoms in total. The monoisotopic (exact) mass is 322 g/mol. The Labute approximate surface area is 130 Å². The average Bonchev–Trinajstić information content (AvgIpc) is 2.85. The van der Waals surface area contributed by atoms with Gasteiger partial charge in [0.25, 0.3) is 0 Å². The van der Waals surface area contributed by atoms with Gasteiger partial charge in [-0.15, -0.1) is 0 Å². The lowest BCUT2D eigenvalue weighted by atomic mass is 10.0. The van der Waals surface area contributed by atoms with Crippen LogP contribution in [0.5, 0.6) is 0 Å². The lowest BCUT2D eigenvalue weighted by Crippen LogP contribution is -1.88. The first kappa shape index (κ1) is 13.9. The van der Waals surface area contributed by atoms with Crippen LogP contribution < -0.4 is 5.73 Å². The first-order valence-electron chi connectivity index (χ1n) is 6.03. The number of hydrogen-bond donors (Lipinski definition) is 1. The third-order valence-corrected chi connectivity index (χ3v) is 3.78. The molecule has 0 saturated carbocycles. The minimum Gasteiger partial charge on any atom is -0.367 e. The molecule has 2 aromatic carbocycles. The van der Waals surface area contributed by atoms with Crippen molar-refractivity contribution in [3.63, 3.8) is 0 Å². The van der Waals surface area contributed by atoms with Gasteiger partial charge in [-0.2, -0.15) is 0 Å². The number of halogens is 3. The number of anilines is 1. The van der Waals surface area contributed by atoms with Crippen LogP contribution in [0.25, 0.3) is 22.4 Å². The summed E-state index contributed by atoms with van der Waals surface area (Å²) < 4.78 is 18.1. The summed E-state index contributed by atoms with van der Waals surface area (Å²) in [6.07, 6.45) is 0. The van der Waals surface area contributed by atoms with Crippen molar-refractivity contribution in [1.82, 2.24) is 5.16 Å². The van der Waals surface area contributed by atoms with E-state index in [1.807, 2.05) is 0 Å². The Morgan fingerprint density at radius 2 is 1.62 bits per heavy atom. The van der Waals surface area contributed by atoms with Gasteiger partial charge >= 0.3 is 0 Å². The first-order valence-corrected chi connectivity index (χ1v) is 6.78. The second-order valence-corrected chi connectivity index (χ2v) is 5.22. The highest BCUT2D eigenvalue weighted by Crippen LogP contribution is 2.37. The standard InChI is InChI=1S/C15H9Cl2FN2O/c16-11-6-3-9(7-12(11)17)14-13(15(19)21-20-14)8-1-4-10(18)5-2-8/h1-7H,19H2. The van der Waals surface area contributed by atoms with E-state index in [1.54, 1.807) is 30.3 Å². The van der Waals surface area contributed by atoms with E-state index in [1.165, 1.54) is 12.1 Å². The number of rotatable bonds is 2. The van der Waals surface area contributed by atoms with Crippen LogP contribution in [-0.4, -0.2) is 5.16 Å². The molecule has 0 aliphatic heterocycles. The van der Waals surface area contributed by atoms with Crippen molar-refractivity contribution in [3.8, 4) is 22.4 Å². The van der Waals surface area contributed by atoms with E-state index in [0.29, 0.717) is 32.4 Å². The smallest absolute Gasteiger partial charge is 0.230 e. The van der Waals surface area contributed by atoms with Crippen molar-refractivity contribution in [2.75, 3.05) is 5.73 Å². The summed E-state index contributed by atoms with van der Waals surface area (Å²) in [5.41, 5.74) is 8.37. The molecule has 0 aliphatic carbocycles. The molecule has 0 amide bonds. The van der Waals surface area contributed by atoms with Crippen LogP contribution in [0.2, 0.25) is 10.0 Å². The summed E-state index contributed by atoms with van der Waals surface area (Å²) in [4.78, 5) is 0. The minimum atomic E-state index is -0.329. The Hall–Kier alpha value is -2.04. The van der Waals surface area contributed by atoms with E-state index in [2.05, 4.69) is 5.16 Å². The van der Waals surface area contributed by atoms with E-state index < -0.39 is 0 Å². The number of benzene rings is 2. The van der Waals surface area contributed by atoms with Gasteiger partial charge in [-0.25, -0.2) is 4.39 Å². The van der Waals surface area contributed by atoms with Crippen LogP contribution in [-0.2, 0) is 0 Å². The second-order valence-electron chi connectivity index (χ2n) is 4.41. The molecular formula is C15H9Cl2FN2O. The van der Waals surface area contributed by atoms with Gasteiger partial charge in [0.2, 0.25) is 5.88 Å². The molecule has 0 bridgehead atoms. The molecule has 0 saturated heterocycles. The van der Waals surface area contributed by atoms with Gasteiger partial charge in [0.05, 0.1) is 15.6 Å². The molecule has 0 fully saturated rings. The van der Waals surface area contributed by atoms with Crippen molar-refractivity contribution >= 4 is 29.1 Å². The SMILES string of the molecule is Nc1onc(-c2ccc(Cl)c(Cl)c2)c1-c1ccc(F)cc1. The predicted molar refractivity (Wildman–Crippen MR) is 81.8 cm³/mol. The molecule has 0 atom stereocenters. The summed E-state index contributed by atoms with van der Waals surface area (Å²) in [7, 11) is 0. The molecule has 106 valence electrons. The van der Waals surface area contributed by atoms with Gasteiger partial charge in [0.1, 0.15) is 11.5 Å². The van der Waals surface area contributed by atoms with Gasteiger partial charge in [-0.1, -0.05) is 46.6 Å². The van der Waals surface area contributed by atoms with Crippen molar-refractivity contribution in [1.29, 1.82) is 0 Å². The number of hydrogen-bond acceptors (Lipinski definition) is 3. The Kier molecular flexibility index (Phi) is 3.57. The maximum Gasteiger partial charge on any atom is 0.230 e. The predicted octanol–water partition coefficient (Wildman–Crippen LogP) is 5.04. The molecule has 0 radical (unpaired) electrons. The van der Waals surface area contributed by atoms with Crippen LogP contribution in [0.15, 0.2) is 47.0 Å². The van der Waals surface area contributed by atoms with Crippen LogP contribution in [0, 0.1) is 5.82 Å². The van der Waals surface area contributed by atoms with E-state index >= 15 is 0 Å². The van der Waals surface area contributed by atoms with Crippen LogP contribution in [0.3, 0.4) is 0 Å². The summed E-state index contributed by atoms with van der Waals surface area (Å²) in [6, 6.07) is 11.0. The Morgan fingerprint density at radius 3 is 2.29 bits per heavy atom. The van der Waals surface area contributed by atoms with Crippen LogP contribution >= 0.6 is 23.2 Å². The molecule has 21 heavy (non-hydrogen) atoms. The molecule has 1 aromatic heterocycles. The van der Waals surface area contributed by atoms with E-state index in [9.17, 15) is 4.39 Å². The number of nitrogens with zero attached hydrogens (tertiary/aromatic N) is 1. The highest BCUT2D eigenvalue weighted by Gasteiger charge is 2.18. The molecule has 0 aliphatic rings. The minimum absolute atomic E-state index is 0.155. The largest absolute Gasteiger partial charge is 0.367 e. The lowest BCUT2D eigenvalue weighted by Gasteiger charge is -2.04. The summed E-state index contributed by atoms with van der Waals surface area (Å²) in [5.74, 6) is -0.174. The zero-order chi connectivity index (χ0) is 15.0. The lowest BCUT2D eigenvalue weighted by molar-refractivity contribution is 0.439. The third kappa shape index (κ3) is 2.60. The molecule has 3 aromatic rings. The Bertz CT molecular complexity index is 800. The molecule has 0 spiro atoms. The molecule has 1 heterocycles. The fourth-order valence-electron chi connectivity index (χ4n) is 2.04. The normalized spacial score (nSPS) is 10.8. The fourth-order valence-corrected chi connectivity index (χ4v) is 2.34. The Balaban J connectivity index is 2.16. The summed E-state index contributed by atoms with van der Waals surface area (Å²) in [5, 5.41) is 4.81. The average molecular weight is 323 g/mol. The number of aromatic nitrogens is 1. The van der Waals surface area contributed by atoms with Crippen molar-refractivity contribution in [3.05, 3.63) is 58.3 Å². The van der Waals surface area contributed by atoms with Crippen molar-refractivity contribution < 1.29 is 8.91 Å². The summed E-state index contributed by atoms with van der Waals surface area (Å²) >= 11 is 11.9. The maximum atomic E-state index is 13.0. The topological polar surface area (TPSA) is 52.0 Å². The summed E-state index contributed by atoms with van der Waals surface area (Å²) in [6.45, 7) is 0. The maximum absolute atomic E-state index is 13.0. The van der Waals surface area contributed by atoms with Gasteiger partial charge in [0, 0.05) is 5.56 Å². The van der Waals surface area contributed by atoms with Crippen LogP contribution in [0.1, 0.15) is 0 Å². The zero-order valence-electron chi connectivity index (χ0n) is 10.6. The molecule has 2 N–H and O–H groups in total. The zero-order valence-corrected chi connectivity index (χ0v) is 12.1. The van der Waals surface area contributed by atoms with Gasteiger partial charge in [0.15, 0.2) is 0 Å². The van der Waals surface area contributed by atoms with Crippen LogP contribution in [0.4, 0.5) is 10.3 Å². The van der Waals surface area contributed by atoms with Gasteiger partial charge in [-0.3, -0.25) is 0 Å². The highest BCUT2D eigenvalue weighted by molar-refractivity contribution is 6.42. The Morgan fingerprint density at radius 1 is 0.952 bits per heavy atom. The quantitative estimate of drug-likeness (QED) is 0.719. The van der Waals surface area contributed by atoms with Crippen molar-refractivity contribution in [2.24, 2.45) is 0 Å². The number of nitrogen functional groups attached to an aromatic ring is 1. The third-order valence-electron chi connectivity index (χ3n) is 3.04. The van der Waals surface area contributed by atoms with E-state index in [-0.39, 0.29) is 11.7 Å². The van der Waals surface area contributed by atoms with E-state index in [0.717, 1.165) is 0 Å². The highest BCUT2D eigenvalue weighted by atomic mass is 35.5. The molecule has 6 heteroatoms. The van der Waals surface area contributed by atoms with Gasteiger partial charge < -0.3 is 10.3 Å². The fraction of sp³-hybridized carbons (Fsp3) is 0. The molecule has 0 unspecified atom stereocenters. The first-order chi connectivity index (χ1) is 10.1. The second kappa shape index (κ2) is 5.39. The molecular weight excluding hydrogens is 314 g/mol. The van der Waals surface area contributed by atoms with E-state index in [4.69, 9.17) is 33.5 Å². The molecule has 3 rings (SSSR count). The van der Waals surface area contributed by atoms with Crippen molar-refractivity contribution in [2.45, 2.75) is 0 Å². The number of nitrogens with two attached hydrogens (primary N) is 1.